The van der Waals surface area contributed by atoms with Gasteiger partial charge in [-0.05, 0) is 12.3 Å². The summed E-state index contributed by atoms with van der Waals surface area (Å²) < 4.78 is 1.65. The lowest BCUT2D eigenvalue weighted by Crippen LogP contribution is -2.45. The molecule has 2 rings (SSSR count). The molecule has 6 nitrogen and oxygen atoms in total. The zero-order valence-electron chi connectivity index (χ0n) is 9.99. The van der Waals surface area contributed by atoms with Crippen molar-refractivity contribution in [3.8, 4) is 0 Å². The van der Waals surface area contributed by atoms with Gasteiger partial charge in [-0.3, -0.25) is 9.48 Å². The maximum Gasteiger partial charge on any atom is 0.224 e. The number of carbonyl (C=O) groups excluding carboxylic acids is 1. The van der Waals surface area contributed by atoms with E-state index in [1.165, 1.54) is 6.33 Å². The molecule has 0 aromatic carbocycles. The third kappa shape index (κ3) is 3.03. The van der Waals surface area contributed by atoms with Crippen molar-refractivity contribution in [2.45, 2.75) is 32.4 Å². The summed E-state index contributed by atoms with van der Waals surface area (Å²) in [6, 6.07) is 0. The van der Waals surface area contributed by atoms with Gasteiger partial charge in [0.2, 0.25) is 5.91 Å². The molecule has 1 aliphatic rings. The summed E-state index contributed by atoms with van der Waals surface area (Å²) in [5.74, 6) is 0.290. The molecular formula is C11H18N4O2. The highest BCUT2D eigenvalue weighted by atomic mass is 16.3. The molecule has 1 aromatic rings. The molecule has 1 amide bonds. The number of hydrogen-bond acceptors (Lipinski definition) is 4. The number of aryl methyl sites for hydroxylation is 1. The van der Waals surface area contributed by atoms with E-state index >= 15 is 0 Å². The Labute approximate surface area is 100 Å². The van der Waals surface area contributed by atoms with Crippen molar-refractivity contribution in [3.05, 3.63) is 12.7 Å². The SMILES string of the molecule is CC1CN(C(=O)CCn2cncn2)CCC1O. The van der Waals surface area contributed by atoms with Crippen LogP contribution in [0.1, 0.15) is 19.8 Å². The first-order chi connectivity index (χ1) is 8.16. The predicted octanol–water partition coefficient (Wildman–Crippen LogP) is -0.103. The number of likely N-dealkylation sites (tertiary alicyclic amines) is 1. The van der Waals surface area contributed by atoms with E-state index < -0.39 is 0 Å². The van der Waals surface area contributed by atoms with Gasteiger partial charge in [-0.15, -0.1) is 0 Å². The molecule has 2 heterocycles. The van der Waals surface area contributed by atoms with Crippen molar-refractivity contribution in [2.75, 3.05) is 13.1 Å². The highest BCUT2D eigenvalue weighted by molar-refractivity contribution is 5.76. The molecule has 2 atom stereocenters. The number of rotatable bonds is 3. The van der Waals surface area contributed by atoms with Gasteiger partial charge in [-0.1, -0.05) is 6.92 Å². The first kappa shape index (κ1) is 12.0. The molecule has 0 aliphatic carbocycles. The number of hydrogen-bond donors (Lipinski definition) is 1. The average Bonchev–Trinajstić information content (AvgIpc) is 2.82. The predicted molar refractivity (Wildman–Crippen MR) is 61.0 cm³/mol. The lowest BCUT2D eigenvalue weighted by atomic mass is 9.96. The van der Waals surface area contributed by atoms with E-state index in [9.17, 15) is 9.90 Å². The Bertz CT molecular complexity index is 366. The summed E-state index contributed by atoms with van der Waals surface area (Å²) in [7, 11) is 0. The van der Waals surface area contributed by atoms with Crippen LogP contribution in [-0.4, -0.2) is 49.9 Å². The third-order valence-electron chi connectivity index (χ3n) is 3.23. The summed E-state index contributed by atoms with van der Waals surface area (Å²) in [5, 5.41) is 13.6. The molecule has 1 N–H and O–H groups in total. The minimum Gasteiger partial charge on any atom is -0.393 e. The summed E-state index contributed by atoms with van der Waals surface area (Å²) in [6.45, 7) is 3.84. The molecule has 6 heteroatoms. The standard InChI is InChI=1S/C11H18N4O2/c1-9-6-14(4-2-10(9)16)11(17)3-5-15-8-12-7-13-15/h7-10,16H,2-6H2,1H3. The Morgan fingerprint density at radius 1 is 1.59 bits per heavy atom. The van der Waals surface area contributed by atoms with Crippen LogP contribution in [0, 0.1) is 5.92 Å². The van der Waals surface area contributed by atoms with Gasteiger partial charge in [0.1, 0.15) is 12.7 Å². The summed E-state index contributed by atoms with van der Waals surface area (Å²) in [4.78, 5) is 17.6. The number of amides is 1. The molecular weight excluding hydrogens is 220 g/mol. The lowest BCUT2D eigenvalue weighted by Gasteiger charge is -2.34. The smallest absolute Gasteiger partial charge is 0.224 e. The fourth-order valence-corrected chi connectivity index (χ4v) is 2.08. The van der Waals surface area contributed by atoms with E-state index in [4.69, 9.17) is 0 Å². The van der Waals surface area contributed by atoms with Crippen LogP contribution in [0.25, 0.3) is 0 Å². The highest BCUT2D eigenvalue weighted by Crippen LogP contribution is 2.17. The van der Waals surface area contributed by atoms with E-state index in [0.29, 0.717) is 32.5 Å². The first-order valence-corrected chi connectivity index (χ1v) is 5.95. The quantitative estimate of drug-likeness (QED) is 0.798. The van der Waals surface area contributed by atoms with Crippen LogP contribution in [0.4, 0.5) is 0 Å². The van der Waals surface area contributed by atoms with Crippen LogP contribution in [0.2, 0.25) is 0 Å². The maximum atomic E-state index is 11.9. The Hall–Kier alpha value is -1.43. The van der Waals surface area contributed by atoms with Crippen LogP contribution in [0.15, 0.2) is 12.7 Å². The second kappa shape index (κ2) is 5.27. The van der Waals surface area contributed by atoms with E-state index in [1.54, 1.807) is 11.0 Å². The van der Waals surface area contributed by atoms with E-state index in [1.807, 2.05) is 11.8 Å². The number of nitrogens with zero attached hydrogens (tertiary/aromatic N) is 4. The van der Waals surface area contributed by atoms with Crippen LogP contribution in [0.3, 0.4) is 0 Å². The average molecular weight is 238 g/mol. The Kier molecular flexibility index (Phi) is 3.73. The third-order valence-corrected chi connectivity index (χ3v) is 3.23. The Balaban J connectivity index is 1.80. The fraction of sp³-hybridized carbons (Fsp3) is 0.727. The summed E-state index contributed by atoms with van der Waals surface area (Å²) in [5.41, 5.74) is 0. The van der Waals surface area contributed by atoms with Crippen LogP contribution >= 0.6 is 0 Å². The Morgan fingerprint density at radius 3 is 3.06 bits per heavy atom. The second-order valence-electron chi connectivity index (χ2n) is 4.58. The fourth-order valence-electron chi connectivity index (χ4n) is 2.08. The van der Waals surface area contributed by atoms with Gasteiger partial charge in [0.15, 0.2) is 0 Å². The van der Waals surface area contributed by atoms with Crippen molar-refractivity contribution < 1.29 is 9.90 Å². The van der Waals surface area contributed by atoms with Gasteiger partial charge in [-0.25, -0.2) is 4.98 Å². The molecule has 94 valence electrons. The summed E-state index contributed by atoms with van der Waals surface area (Å²) >= 11 is 0. The van der Waals surface area contributed by atoms with Gasteiger partial charge < -0.3 is 10.0 Å². The van der Waals surface area contributed by atoms with Gasteiger partial charge >= 0.3 is 0 Å². The zero-order chi connectivity index (χ0) is 12.3. The van der Waals surface area contributed by atoms with Gasteiger partial charge in [0.25, 0.3) is 0 Å². The van der Waals surface area contributed by atoms with Crippen LogP contribution in [-0.2, 0) is 11.3 Å². The molecule has 1 aliphatic heterocycles. The molecule has 0 spiro atoms. The maximum absolute atomic E-state index is 11.9. The molecule has 1 aromatic heterocycles. The normalized spacial score (nSPS) is 24.9. The second-order valence-corrected chi connectivity index (χ2v) is 4.58. The molecule has 0 saturated carbocycles. The highest BCUT2D eigenvalue weighted by Gasteiger charge is 2.26. The van der Waals surface area contributed by atoms with E-state index in [2.05, 4.69) is 10.1 Å². The zero-order valence-corrected chi connectivity index (χ0v) is 9.99. The van der Waals surface area contributed by atoms with Crippen LogP contribution in [0.5, 0.6) is 0 Å². The van der Waals surface area contributed by atoms with Crippen molar-refractivity contribution in [3.63, 3.8) is 0 Å². The lowest BCUT2D eigenvalue weighted by molar-refractivity contribution is -0.135. The van der Waals surface area contributed by atoms with Gasteiger partial charge in [0.05, 0.1) is 12.6 Å². The molecule has 2 unspecified atom stereocenters. The van der Waals surface area contributed by atoms with Gasteiger partial charge in [0, 0.05) is 19.5 Å². The van der Waals surface area contributed by atoms with Crippen molar-refractivity contribution in [2.24, 2.45) is 5.92 Å². The molecule has 0 radical (unpaired) electrons. The topological polar surface area (TPSA) is 71.2 Å². The number of aliphatic hydroxyl groups excluding tert-OH is 1. The van der Waals surface area contributed by atoms with E-state index in [0.717, 1.165) is 0 Å². The first-order valence-electron chi connectivity index (χ1n) is 5.95. The van der Waals surface area contributed by atoms with Crippen molar-refractivity contribution in [1.29, 1.82) is 0 Å². The summed E-state index contributed by atoms with van der Waals surface area (Å²) in [6.07, 6.45) is 3.91. The molecule has 17 heavy (non-hydrogen) atoms. The molecule has 1 fully saturated rings. The molecule has 0 bridgehead atoms. The largest absolute Gasteiger partial charge is 0.393 e. The Morgan fingerprint density at radius 2 is 2.41 bits per heavy atom. The number of aromatic nitrogens is 3. The van der Waals surface area contributed by atoms with Gasteiger partial charge in [-0.2, -0.15) is 5.10 Å². The number of carbonyl (C=O) groups is 1. The minimum absolute atomic E-state index is 0.124. The number of aliphatic hydroxyl groups is 1. The monoisotopic (exact) mass is 238 g/mol. The van der Waals surface area contributed by atoms with Crippen LogP contribution < -0.4 is 0 Å². The minimum atomic E-state index is -0.269. The van der Waals surface area contributed by atoms with E-state index in [-0.39, 0.29) is 17.9 Å². The molecule has 1 saturated heterocycles. The van der Waals surface area contributed by atoms with Crippen molar-refractivity contribution in [1.82, 2.24) is 19.7 Å². The van der Waals surface area contributed by atoms with Crippen molar-refractivity contribution >= 4 is 5.91 Å². The number of piperidine rings is 1.